The molecule has 1 aromatic rings. The molecule has 0 radical (unpaired) electrons. The Labute approximate surface area is 148 Å². The van der Waals surface area contributed by atoms with Crippen molar-refractivity contribution in [2.45, 2.75) is 33.6 Å². The number of oxazole rings is 1. The Morgan fingerprint density at radius 1 is 1.40 bits per heavy atom. The molecule has 1 heterocycles. The molecule has 0 bridgehead atoms. The third-order valence-electron chi connectivity index (χ3n) is 4.04. The van der Waals surface area contributed by atoms with Crippen molar-refractivity contribution in [2.24, 2.45) is 16.6 Å². The summed E-state index contributed by atoms with van der Waals surface area (Å²) in [5, 5.41) is 0. The Kier molecular flexibility index (Phi) is 6.47. The fraction of sp³-hybridized carbons (Fsp3) is 0.421. The molecule has 6 nitrogen and oxygen atoms in total. The van der Waals surface area contributed by atoms with E-state index in [1.807, 2.05) is 38.2 Å². The molecule has 2 N–H and O–H groups in total. The number of allylic oxidation sites excluding steroid dienone is 5. The molecule has 0 aliphatic heterocycles. The minimum absolute atomic E-state index is 0.129. The molecule has 134 valence electrons. The van der Waals surface area contributed by atoms with Crippen molar-refractivity contribution < 1.29 is 13.9 Å². The third-order valence-corrected chi connectivity index (χ3v) is 4.04. The number of nitrogens with zero attached hydrogens (tertiary/aromatic N) is 2. The number of carbonyl (C=O) groups excluding carboxylic acids is 1. The fourth-order valence-electron chi connectivity index (χ4n) is 2.79. The van der Waals surface area contributed by atoms with Gasteiger partial charge >= 0.3 is 5.91 Å². The van der Waals surface area contributed by atoms with Crippen molar-refractivity contribution in [3.8, 4) is 0 Å². The average molecular weight is 343 g/mol. The number of aromatic nitrogens is 1. The maximum absolute atomic E-state index is 12.7. The number of hydrogen-bond acceptors (Lipinski definition) is 5. The van der Waals surface area contributed by atoms with Crippen LogP contribution in [0.5, 0.6) is 0 Å². The Bertz CT molecular complexity index is 754. The first kappa shape index (κ1) is 18.9. The summed E-state index contributed by atoms with van der Waals surface area (Å²) in [4.78, 5) is 21.3. The van der Waals surface area contributed by atoms with Gasteiger partial charge in [-0.25, -0.2) is 9.98 Å². The van der Waals surface area contributed by atoms with Crippen molar-refractivity contribution in [2.75, 3.05) is 13.7 Å². The number of rotatable bonds is 6. The number of methoxy groups -OCH3 is 1. The molecular weight excluding hydrogens is 318 g/mol. The number of nitrogens with two attached hydrogens (primary N) is 1. The zero-order chi connectivity index (χ0) is 18.4. The number of ether oxygens (including phenoxy) is 1. The molecule has 0 spiro atoms. The summed E-state index contributed by atoms with van der Waals surface area (Å²) in [5.74, 6) is 0.908. The Morgan fingerprint density at radius 3 is 2.80 bits per heavy atom. The summed E-state index contributed by atoms with van der Waals surface area (Å²) in [6, 6.07) is 0. The summed E-state index contributed by atoms with van der Waals surface area (Å²) < 4.78 is 10.9. The zero-order valence-electron chi connectivity index (χ0n) is 15.2. The molecule has 25 heavy (non-hydrogen) atoms. The molecular formula is C19H25N3O3. The second kappa shape index (κ2) is 8.58. The van der Waals surface area contributed by atoms with Crippen LogP contribution in [-0.2, 0) is 11.2 Å². The van der Waals surface area contributed by atoms with E-state index >= 15 is 0 Å². The van der Waals surface area contributed by atoms with Crippen LogP contribution in [0.1, 0.15) is 42.4 Å². The topological polar surface area (TPSA) is 90.7 Å². The first-order valence-electron chi connectivity index (χ1n) is 8.38. The van der Waals surface area contributed by atoms with Crippen LogP contribution in [0, 0.1) is 12.8 Å². The summed E-state index contributed by atoms with van der Waals surface area (Å²) in [7, 11) is 1.62. The van der Waals surface area contributed by atoms with Crippen molar-refractivity contribution in [3.05, 3.63) is 53.0 Å². The first-order chi connectivity index (χ1) is 12.0. The first-order valence-corrected chi connectivity index (χ1v) is 8.38. The van der Waals surface area contributed by atoms with Gasteiger partial charge in [0.2, 0.25) is 5.76 Å². The van der Waals surface area contributed by atoms with Crippen LogP contribution in [0.3, 0.4) is 0 Å². The van der Waals surface area contributed by atoms with Gasteiger partial charge in [0.25, 0.3) is 0 Å². The lowest BCUT2D eigenvalue weighted by Crippen LogP contribution is -2.23. The smallest absolute Gasteiger partial charge is 0.314 e. The van der Waals surface area contributed by atoms with E-state index in [1.165, 1.54) is 0 Å². The predicted molar refractivity (Wildman–Crippen MR) is 97.5 cm³/mol. The van der Waals surface area contributed by atoms with Gasteiger partial charge in [-0.05, 0) is 31.4 Å². The molecule has 0 saturated carbocycles. The summed E-state index contributed by atoms with van der Waals surface area (Å²) in [5.41, 5.74) is 7.76. The summed E-state index contributed by atoms with van der Waals surface area (Å²) >= 11 is 0. The van der Waals surface area contributed by atoms with Crippen LogP contribution in [0.25, 0.3) is 0 Å². The van der Waals surface area contributed by atoms with Crippen LogP contribution >= 0.6 is 0 Å². The SMILES string of the molecule is CCc1nc(C)oc1C(=O)/N=C1\C(C)=CC=C(OC)C1C/C=C/CN. The van der Waals surface area contributed by atoms with Crippen LogP contribution in [-0.4, -0.2) is 30.3 Å². The highest BCUT2D eigenvalue weighted by Gasteiger charge is 2.27. The zero-order valence-corrected chi connectivity index (χ0v) is 15.2. The molecule has 1 unspecified atom stereocenters. The number of aliphatic imine (C=N–C) groups is 1. The van der Waals surface area contributed by atoms with Gasteiger partial charge in [0, 0.05) is 13.5 Å². The Hall–Kier alpha value is -2.47. The van der Waals surface area contributed by atoms with Crippen LogP contribution in [0.15, 0.2) is 45.0 Å². The van der Waals surface area contributed by atoms with Gasteiger partial charge in [0.1, 0.15) is 5.76 Å². The van der Waals surface area contributed by atoms with Crippen LogP contribution in [0.4, 0.5) is 0 Å². The second-order valence-corrected chi connectivity index (χ2v) is 5.78. The van der Waals surface area contributed by atoms with E-state index in [-0.39, 0.29) is 11.7 Å². The highest BCUT2D eigenvalue weighted by molar-refractivity contribution is 6.12. The second-order valence-electron chi connectivity index (χ2n) is 5.78. The molecule has 1 aromatic heterocycles. The molecule has 0 fully saturated rings. The number of amides is 1. The van der Waals surface area contributed by atoms with Gasteiger partial charge < -0.3 is 14.9 Å². The molecule has 1 atom stereocenters. The van der Waals surface area contributed by atoms with Crippen molar-refractivity contribution in [1.82, 2.24) is 4.98 Å². The van der Waals surface area contributed by atoms with Gasteiger partial charge in [-0.1, -0.05) is 25.2 Å². The number of aryl methyl sites for hydroxylation is 2. The summed E-state index contributed by atoms with van der Waals surface area (Å²) in [6.07, 6.45) is 8.95. The van der Waals surface area contributed by atoms with Crippen LogP contribution in [0.2, 0.25) is 0 Å². The molecule has 6 heteroatoms. The molecule has 0 saturated heterocycles. The quantitative estimate of drug-likeness (QED) is 0.801. The van der Waals surface area contributed by atoms with E-state index in [4.69, 9.17) is 14.9 Å². The summed E-state index contributed by atoms with van der Waals surface area (Å²) in [6.45, 7) is 6.05. The predicted octanol–water partition coefficient (Wildman–Crippen LogP) is 3.14. The minimum Gasteiger partial charge on any atom is -0.500 e. The standard InChI is InChI=1S/C19H25N3O3/c1-5-15-18(25-13(3)21-15)19(23)22-17-12(2)9-10-16(24-4)14(17)8-6-7-11-20/h6-7,9-10,14H,5,8,11,20H2,1-4H3/b7-6+,22-17+. The van der Waals surface area contributed by atoms with Crippen LogP contribution < -0.4 is 5.73 Å². The monoisotopic (exact) mass is 343 g/mol. The number of hydrogen-bond donors (Lipinski definition) is 1. The van der Waals surface area contributed by atoms with Crippen molar-refractivity contribution in [1.29, 1.82) is 0 Å². The van der Waals surface area contributed by atoms with Gasteiger partial charge in [-0.3, -0.25) is 4.79 Å². The molecule has 0 aromatic carbocycles. The highest BCUT2D eigenvalue weighted by atomic mass is 16.5. The van der Waals surface area contributed by atoms with E-state index in [9.17, 15) is 4.79 Å². The fourth-order valence-corrected chi connectivity index (χ4v) is 2.79. The average Bonchev–Trinajstić information content (AvgIpc) is 2.99. The van der Waals surface area contributed by atoms with E-state index in [2.05, 4.69) is 9.98 Å². The number of carbonyl (C=O) groups is 1. The van der Waals surface area contributed by atoms with Gasteiger partial charge in [0.15, 0.2) is 5.89 Å². The van der Waals surface area contributed by atoms with Gasteiger partial charge in [-0.15, -0.1) is 0 Å². The van der Waals surface area contributed by atoms with E-state index in [0.717, 1.165) is 11.3 Å². The molecule has 1 aliphatic rings. The third kappa shape index (κ3) is 4.33. The molecule has 1 aliphatic carbocycles. The lowest BCUT2D eigenvalue weighted by atomic mass is 9.88. The van der Waals surface area contributed by atoms with Crippen molar-refractivity contribution in [3.63, 3.8) is 0 Å². The van der Waals surface area contributed by atoms with Gasteiger partial charge in [0.05, 0.1) is 24.4 Å². The highest BCUT2D eigenvalue weighted by Crippen LogP contribution is 2.28. The largest absolute Gasteiger partial charge is 0.500 e. The lowest BCUT2D eigenvalue weighted by molar-refractivity contribution is 0.0973. The Balaban J connectivity index is 2.39. The Morgan fingerprint density at radius 2 is 2.16 bits per heavy atom. The van der Waals surface area contributed by atoms with Crippen molar-refractivity contribution >= 4 is 11.6 Å². The maximum Gasteiger partial charge on any atom is 0.314 e. The maximum atomic E-state index is 12.7. The van der Waals surface area contributed by atoms with E-state index in [1.54, 1.807) is 14.0 Å². The molecule has 2 rings (SSSR count). The lowest BCUT2D eigenvalue weighted by Gasteiger charge is -2.23. The van der Waals surface area contributed by atoms with E-state index < -0.39 is 5.91 Å². The van der Waals surface area contributed by atoms with Gasteiger partial charge in [-0.2, -0.15) is 0 Å². The van der Waals surface area contributed by atoms with E-state index in [0.29, 0.717) is 36.7 Å². The normalized spacial score (nSPS) is 19.2. The minimum atomic E-state index is -0.412. The molecule has 1 amide bonds.